The highest BCUT2D eigenvalue weighted by atomic mass is 35.5. The van der Waals surface area contributed by atoms with E-state index in [0.717, 1.165) is 21.3 Å². The molecule has 0 aliphatic heterocycles. The van der Waals surface area contributed by atoms with Gasteiger partial charge in [0.2, 0.25) is 0 Å². The number of fused-ring (bicyclic) bond motifs is 1. The number of rotatable bonds is 2. The van der Waals surface area contributed by atoms with E-state index < -0.39 is 0 Å². The molecule has 0 aromatic carbocycles. The molecule has 0 radical (unpaired) electrons. The summed E-state index contributed by atoms with van der Waals surface area (Å²) in [6.07, 6.45) is 5.24. The first-order valence-electron chi connectivity index (χ1n) is 6.59. The summed E-state index contributed by atoms with van der Waals surface area (Å²) in [5.74, 6) is 0.543. The van der Waals surface area contributed by atoms with Gasteiger partial charge < -0.3 is 0 Å². The number of thiophene rings is 1. The first kappa shape index (κ1) is 13.3. The summed E-state index contributed by atoms with van der Waals surface area (Å²) in [4.78, 5) is 18.2. The lowest BCUT2D eigenvalue weighted by molar-refractivity contribution is 1.18. The van der Waals surface area contributed by atoms with Gasteiger partial charge in [0.1, 0.15) is 15.7 Å². The molecular weight excluding hydrogens is 316 g/mol. The maximum Gasteiger partial charge on any atom is 0.180 e. The average molecular weight is 325 g/mol. The Morgan fingerprint density at radius 2 is 1.82 bits per heavy atom. The van der Waals surface area contributed by atoms with Gasteiger partial charge in [0.15, 0.2) is 5.82 Å². The van der Waals surface area contributed by atoms with Gasteiger partial charge >= 0.3 is 0 Å². The zero-order valence-electron chi connectivity index (χ0n) is 11.3. The van der Waals surface area contributed by atoms with Crippen molar-refractivity contribution in [2.45, 2.75) is 0 Å². The van der Waals surface area contributed by atoms with Crippen LogP contribution in [-0.4, -0.2) is 19.9 Å². The minimum absolute atomic E-state index is 0.443. The van der Waals surface area contributed by atoms with Crippen LogP contribution < -0.4 is 0 Å². The molecule has 0 saturated carbocycles. The van der Waals surface area contributed by atoms with Crippen molar-refractivity contribution in [2.24, 2.45) is 0 Å². The SMILES string of the molecule is Clc1nc(-c2ccccn2)nc2scc(-c3ccncc3)c12. The summed E-state index contributed by atoms with van der Waals surface area (Å²) in [5.41, 5.74) is 2.79. The Bertz CT molecular complexity index is 938. The first-order valence-corrected chi connectivity index (χ1v) is 7.85. The topological polar surface area (TPSA) is 51.6 Å². The van der Waals surface area contributed by atoms with Gasteiger partial charge in [-0.3, -0.25) is 9.97 Å². The van der Waals surface area contributed by atoms with Crippen molar-refractivity contribution in [3.8, 4) is 22.6 Å². The van der Waals surface area contributed by atoms with E-state index in [1.165, 1.54) is 0 Å². The molecule has 0 bridgehead atoms. The number of halogens is 1. The number of hydrogen-bond donors (Lipinski definition) is 0. The Morgan fingerprint density at radius 3 is 2.59 bits per heavy atom. The lowest BCUT2D eigenvalue weighted by Gasteiger charge is -2.03. The Kier molecular flexibility index (Phi) is 3.29. The van der Waals surface area contributed by atoms with Crippen molar-refractivity contribution in [1.82, 2.24) is 19.9 Å². The predicted molar refractivity (Wildman–Crippen MR) is 88.9 cm³/mol. The van der Waals surface area contributed by atoms with E-state index in [0.29, 0.717) is 16.7 Å². The van der Waals surface area contributed by atoms with Crippen LogP contribution in [0.2, 0.25) is 5.15 Å². The monoisotopic (exact) mass is 324 g/mol. The molecule has 0 spiro atoms. The molecule has 4 aromatic rings. The van der Waals surface area contributed by atoms with Crippen LogP contribution in [0, 0.1) is 0 Å². The highest BCUT2D eigenvalue weighted by Crippen LogP contribution is 2.37. The quantitative estimate of drug-likeness (QED) is 0.510. The van der Waals surface area contributed by atoms with Crippen LogP contribution in [0.25, 0.3) is 32.9 Å². The second kappa shape index (κ2) is 5.44. The molecule has 0 saturated heterocycles. The summed E-state index contributed by atoms with van der Waals surface area (Å²) < 4.78 is 0. The standard InChI is InChI=1S/C16H9ClN4S/c17-14-13-11(10-4-7-18-8-5-10)9-22-16(13)21-15(20-14)12-3-1-2-6-19-12/h1-9H. The second-order valence-corrected chi connectivity index (χ2v) is 5.83. The minimum atomic E-state index is 0.443. The first-order chi connectivity index (χ1) is 10.8. The highest BCUT2D eigenvalue weighted by Gasteiger charge is 2.15. The van der Waals surface area contributed by atoms with E-state index in [-0.39, 0.29) is 0 Å². The minimum Gasteiger partial charge on any atom is -0.265 e. The van der Waals surface area contributed by atoms with Crippen molar-refractivity contribution in [1.29, 1.82) is 0 Å². The number of pyridine rings is 2. The Morgan fingerprint density at radius 1 is 0.955 bits per heavy atom. The second-order valence-electron chi connectivity index (χ2n) is 4.62. The van der Waals surface area contributed by atoms with E-state index in [1.54, 1.807) is 29.9 Å². The average Bonchev–Trinajstić information content (AvgIpc) is 3.01. The van der Waals surface area contributed by atoms with Gasteiger partial charge in [-0.1, -0.05) is 17.7 Å². The Labute approximate surface area is 135 Å². The fourth-order valence-corrected chi connectivity index (χ4v) is 3.53. The molecule has 0 aliphatic rings. The largest absolute Gasteiger partial charge is 0.265 e. The molecule has 106 valence electrons. The summed E-state index contributed by atoms with van der Waals surface area (Å²) in [6, 6.07) is 9.53. The smallest absolute Gasteiger partial charge is 0.180 e. The van der Waals surface area contributed by atoms with Gasteiger partial charge in [-0.15, -0.1) is 11.3 Å². The number of hydrogen-bond acceptors (Lipinski definition) is 5. The third-order valence-electron chi connectivity index (χ3n) is 3.27. The van der Waals surface area contributed by atoms with Gasteiger partial charge in [0, 0.05) is 29.5 Å². The van der Waals surface area contributed by atoms with Gasteiger partial charge in [0.25, 0.3) is 0 Å². The van der Waals surface area contributed by atoms with E-state index in [1.807, 2.05) is 35.7 Å². The van der Waals surface area contributed by atoms with Crippen LogP contribution >= 0.6 is 22.9 Å². The molecule has 0 atom stereocenters. The van der Waals surface area contributed by atoms with Crippen LogP contribution in [0.4, 0.5) is 0 Å². The lowest BCUT2D eigenvalue weighted by Crippen LogP contribution is -1.92. The van der Waals surface area contributed by atoms with E-state index in [9.17, 15) is 0 Å². The molecule has 0 amide bonds. The third-order valence-corrected chi connectivity index (χ3v) is 4.42. The zero-order chi connectivity index (χ0) is 14.9. The van der Waals surface area contributed by atoms with Crippen molar-refractivity contribution < 1.29 is 0 Å². The van der Waals surface area contributed by atoms with E-state index in [4.69, 9.17) is 11.6 Å². The molecule has 4 nitrogen and oxygen atoms in total. The van der Waals surface area contributed by atoms with Gasteiger partial charge in [-0.2, -0.15) is 0 Å². The molecule has 6 heteroatoms. The van der Waals surface area contributed by atoms with Gasteiger partial charge in [-0.25, -0.2) is 9.97 Å². The van der Waals surface area contributed by atoms with Crippen LogP contribution in [0.15, 0.2) is 54.3 Å². The molecule has 0 N–H and O–H groups in total. The fraction of sp³-hybridized carbons (Fsp3) is 0. The fourth-order valence-electron chi connectivity index (χ4n) is 2.25. The van der Waals surface area contributed by atoms with Crippen LogP contribution in [0.3, 0.4) is 0 Å². The highest BCUT2D eigenvalue weighted by molar-refractivity contribution is 7.17. The summed E-state index contributed by atoms with van der Waals surface area (Å²) >= 11 is 7.97. The summed E-state index contributed by atoms with van der Waals surface area (Å²) in [7, 11) is 0. The molecule has 4 heterocycles. The molecule has 22 heavy (non-hydrogen) atoms. The van der Waals surface area contributed by atoms with Crippen LogP contribution in [0.1, 0.15) is 0 Å². The Balaban J connectivity index is 1.92. The summed E-state index contributed by atoms with van der Waals surface area (Å²) in [5, 5.41) is 3.36. The summed E-state index contributed by atoms with van der Waals surface area (Å²) in [6.45, 7) is 0. The van der Waals surface area contributed by atoms with Crippen molar-refractivity contribution >= 4 is 33.2 Å². The molecule has 0 aliphatic carbocycles. The lowest BCUT2D eigenvalue weighted by atomic mass is 10.1. The van der Waals surface area contributed by atoms with Gasteiger partial charge in [-0.05, 0) is 29.8 Å². The number of aromatic nitrogens is 4. The molecular formula is C16H9ClN4S. The van der Waals surface area contributed by atoms with Gasteiger partial charge in [0.05, 0.1) is 5.39 Å². The van der Waals surface area contributed by atoms with Crippen LogP contribution in [0.5, 0.6) is 0 Å². The maximum absolute atomic E-state index is 6.42. The zero-order valence-corrected chi connectivity index (χ0v) is 12.8. The number of nitrogens with zero attached hydrogens (tertiary/aromatic N) is 4. The molecule has 4 aromatic heterocycles. The molecule has 4 rings (SSSR count). The van der Waals surface area contributed by atoms with Crippen molar-refractivity contribution in [2.75, 3.05) is 0 Å². The Hall–Kier alpha value is -2.37. The maximum atomic E-state index is 6.42. The van der Waals surface area contributed by atoms with Crippen molar-refractivity contribution in [3.63, 3.8) is 0 Å². The normalized spacial score (nSPS) is 11.0. The third kappa shape index (κ3) is 2.24. The molecule has 0 fully saturated rings. The van der Waals surface area contributed by atoms with Crippen molar-refractivity contribution in [3.05, 3.63) is 59.5 Å². The van der Waals surface area contributed by atoms with E-state index >= 15 is 0 Å². The molecule has 0 unspecified atom stereocenters. The van der Waals surface area contributed by atoms with E-state index in [2.05, 4.69) is 19.9 Å². The predicted octanol–water partition coefficient (Wildman–Crippen LogP) is 4.47. The van der Waals surface area contributed by atoms with Crippen LogP contribution in [-0.2, 0) is 0 Å².